The van der Waals surface area contributed by atoms with E-state index in [0.717, 1.165) is 5.69 Å². The van der Waals surface area contributed by atoms with Crippen molar-refractivity contribution in [3.05, 3.63) is 58.3 Å². The highest BCUT2D eigenvalue weighted by molar-refractivity contribution is 5.52. The molecular weight excluding hydrogens is 270 g/mol. The number of hydrogen-bond acceptors (Lipinski definition) is 6. The molecule has 0 aliphatic heterocycles. The Hall–Kier alpha value is -3.14. The molecule has 0 bridgehead atoms. The Kier molecular flexibility index (Phi) is 4.66. The topological polar surface area (TPSA) is 104 Å². The van der Waals surface area contributed by atoms with Crippen LogP contribution in [-0.4, -0.2) is 23.0 Å². The van der Waals surface area contributed by atoms with Crippen LogP contribution in [0.25, 0.3) is 0 Å². The summed E-state index contributed by atoms with van der Waals surface area (Å²) in [4.78, 5) is 14.2. The minimum Gasteiger partial charge on any atom is -0.383 e. The Bertz CT molecular complexity index is 664. The maximum Gasteiger partial charge on any atom is 0.269 e. The van der Waals surface area contributed by atoms with E-state index in [1.165, 1.54) is 12.1 Å². The number of nitrogens with one attached hydrogen (secondary N) is 2. The third kappa shape index (κ3) is 3.91. The van der Waals surface area contributed by atoms with Gasteiger partial charge in [0.05, 0.1) is 10.5 Å². The number of rotatable bonds is 6. The van der Waals surface area contributed by atoms with Gasteiger partial charge in [-0.2, -0.15) is 5.26 Å². The monoisotopic (exact) mass is 283 g/mol. The Morgan fingerprint density at radius 1 is 1.19 bits per heavy atom. The van der Waals surface area contributed by atoms with Gasteiger partial charge in [-0.25, -0.2) is 4.98 Å². The van der Waals surface area contributed by atoms with Crippen LogP contribution in [0.2, 0.25) is 0 Å². The van der Waals surface area contributed by atoms with E-state index in [1.54, 1.807) is 30.5 Å². The fraction of sp³-hybridized carbons (Fsp3) is 0.143. The zero-order valence-corrected chi connectivity index (χ0v) is 11.1. The summed E-state index contributed by atoms with van der Waals surface area (Å²) < 4.78 is 0. The molecule has 106 valence electrons. The van der Waals surface area contributed by atoms with Crippen LogP contribution in [0.5, 0.6) is 0 Å². The summed E-state index contributed by atoms with van der Waals surface area (Å²) in [5.74, 6) is 0.547. The number of anilines is 2. The van der Waals surface area contributed by atoms with E-state index < -0.39 is 4.92 Å². The molecule has 0 aliphatic carbocycles. The van der Waals surface area contributed by atoms with E-state index in [1.807, 2.05) is 0 Å². The summed E-state index contributed by atoms with van der Waals surface area (Å²) in [7, 11) is 0. The second-order valence-corrected chi connectivity index (χ2v) is 4.17. The van der Waals surface area contributed by atoms with Crippen LogP contribution >= 0.6 is 0 Å². The van der Waals surface area contributed by atoms with Gasteiger partial charge in [0.1, 0.15) is 11.9 Å². The van der Waals surface area contributed by atoms with E-state index in [2.05, 4.69) is 21.7 Å². The lowest BCUT2D eigenvalue weighted by atomic mass is 10.3. The van der Waals surface area contributed by atoms with Gasteiger partial charge in [-0.3, -0.25) is 10.1 Å². The first kappa shape index (κ1) is 14.3. The van der Waals surface area contributed by atoms with Crippen LogP contribution in [0.1, 0.15) is 5.56 Å². The average Bonchev–Trinajstić information content (AvgIpc) is 2.52. The summed E-state index contributed by atoms with van der Waals surface area (Å²) in [6.45, 7) is 1.17. The van der Waals surface area contributed by atoms with Crippen LogP contribution in [0.4, 0.5) is 17.2 Å². The van der Waals surface area contributed by atoms with Gasteiger partial charge in [0, 0.05) is 37.1 Å². The first-order valence-electron chi connectivity index (χ1n) is 6.28. The number of nitro groups is 1. The predicted molar refractivity (Wildman–Crippen MR) is 79.0 cm³/mol. The van der Waals surface area contributed by atoms with Crippen molar-refractivity contribution in [2.75, 3.05) is 23.7 Å². The molecule has 2 N–H and O–H groups in total. The lowest BCUT2D eigenvalue weighted by Crippen LogP contribution is -2.14. The molecule has 0 aliphatic rings. The molecule has 2 rings (SSSR count). The lowest BCUT2D eigenvalue weighted by molar-refractivity contribution is -0.384. The third-order valence-electron chi connectivity index (χ3n) is 2.75. The highest BCUT2D eigenvalue weighted by Crippen LogP contribution is 2.15. The molecule has 0 atom stereocenters. The van der Waals surface area contributed by atoms with E-state index in [4.69, 9.17) is 5.26 Å². The summed E-state index contributed by atoms with van der Waals surface area (Å²) >= 11 is 0. The number of nitriles is 1. The van der Waals surface area contributed by atoms with Crippen LogP contribution in [0.15, 0.2) is 42.6 Å². The Morgan fingerprint density at radius 3 is 2.57 bits per heavy atom. The van der Waals surface area contributed by atoms with Gasteiger partial charge in [0.2, 0.25) is 0 Å². The molecule has 0 saturated heterocycles. The van der Waals surface area contributed by atoms with E-state index in [0.29, 0.717) is 24.5 Å². The Balaban J connectivity index is 1.82. The summed E-state index contributed by atoms with van der Waals surface area (Å²) in [6.07, 6.45) is 1.62. The molecule has 0 spiro atoms. The zero-order chi connectivity index (χ0) is 15.1. The fourth-order valence-corrected chi connectivity index (χ4v) is 1.73. The van der Waals surface area contributed by atoms with Crippen molar-refractivity contribution < 1.29 is 4.92 Å². The molecular formula is C14H13N5O2. The molecule has 1 aromatic heterocycles. The standard InChI is InChI=1S/C14H13N5O2/c15-10-11-2-1-7-17-14(11)18-9-8-16-12-3-5-13(6-4-12)19(20)21/h1-7,16H,8-9H2,(H,17,18). The zero-order valence-electron chi connectivity index (χ0n) is 11.1. The number of pyridine rings is 1. The van der Waals surface area contributed by atoms with Crippen molar-refractivity contribution in [3.8, 4) is 6.07 Å². The summed E-state index contributed by atoms with van der Waals surface area (Å²) in [5.41, 5.74) is 1.35. The largest absolute Gasteiger partial charge is 0.383 e. The number of nitrogens with zero attached hydrogens (tertiary/aromatic N) is 3. The first-order chi connectivity index (χ1) is 10.2. The number of nitro benzene ring substituents is 1. The van der Waals surface area contributed by atoms with Gasteiger partial charge in [-0.05, 0) is 24.3 Å². The average molecular weight is 283 g/mol. The van der Waals surface area contributed by atoms with Crippen molar-refractivity contribution in [1.29, 1.82) is 5.26 Å². The Labute approximate surface area is 121 Å². The number of aromatic nitrogens is 1. The Morgan fingerprint density at radius 2 is 1.90 bits per heavy atom. The molecule has 0 radical (unpaired) electrons. The minimum absolute atomic E-state index is 0.0609. The molecule has 21 heavy (non-hydrogen) atoms. The number of benzene rings is 1. The predicted octanol–water partition coefficient (Wildman–Crippen LogP) is 2.39. The fourth-order valence-electron chi connectivity index (χ4n) is 1.73. The molecule has 2 aromatic rings. The SMILES string of the molecule is N#Cc1cccnc1NCCNc1ccc([N+](=O)[O-])cc1. The van der Waals surface area contributed by atoms with E-state index >= 15 is 0 Å². The normalized spacial score (nSPS) is 9.67. The second-order valence-electron chi connectivity index (χ2n) is 4.17. The maximum absolute atomic E-state index is 10.5. The first-order valence-corrected chi connectivity index (χ1v) is 6.28. The quantitative estimate of drug-likeness (QED) is 0.479. The van der Waals surface area contributed by atoms with Crippen molar-refractivity contribution in [2.24, 2.45) is 0 Å². The molecule has 0 fully saturated rings. The smallest absolute Gasteiger partial charge is 0.269 e. The van der Waals surface area contributed by atoms with Crippen LogP contribution in [0, 0.1) is 21.4 Å². The van der Waals surface area contributed by atoms with Crippen LogP contribution < -0.4 is 10.6 Å². The highest BCUT2D eigenvalue weighted by Gasteiger charge is 2.04. The van der Waals surface area contributed by atoms with Crippen molar-refractivity contribution in [1.82, 2.24) is 4.98 Å². The molecule has 0 saturated carbocycles. The van der Waals surface area contributed by atoms with Crippen LogP contribution in [0.3, 0.4) is 0 Å². The molecule has 1 aromatic carbocycles. The number of hydrogen-bond donors (Lipinski definition) is 2. The van der Waals surface area contributed by atoms with Gasteiger partial charge >= 0.3 is 0 Å². The highest BCUT2D eigenvalue weighted by atomic mass is 16.6. The van der Waals surface area contributed by atoms with Gasteiger partial charge in [-0.15, -0.1) is 0 Å². The van der Waals surface area contributed by atoms with E-state index in [-0.39, 0.29) is 5.69 Å². The van der Waals surface area contributed by atoms with Crippen molar-refractivity contribution >= 4 is 17.2 Å². The van der Waals surface area contributed by atoms with Gasteiger partial charge in [0.15, 0.2) is 0 Å². The third-order valence-corrected chi connectivity index (χ3v) is 2.75. The van der Waals surface area contributed by atoms with Gasteiger partial charge in [-0.1, -0.05) is 0 Å². The van der Waals surface area contributed by atoms with Gasteiger partial charge < -0.3 is 10.6 Å². The van der Waals surface area contributed by atoms with Crippen molar-refractivity contribution in [3.63, 3.8) is 0 Å². The minimum atomic E-state index is -0.435. The van der Waals surface area contributed by atoms with Crippen molar-refractivity contribution in [2.45, 2.75) is 0 Å². The number of non-ortho nitro benzene ring substituents is 1. The summed E-state index contributed by atoms with van der Waals surface area (Å²) in [5, 5.41) is 25.6. The van der Waals surface area contributed by atoms with Gasteiger partial charge in [0.25, 0.3) is 5.69 Å². The van der Waals surface area contributed by atoms with Crippen LogP contribution in [-0.2, 0) is 0 Å². The molecule has 7 nitrogen and oxygen atoms in total. The molecule has 1 heterocycles. The summed E-state index contributed by atoms with van der Waals surface area (Å²) in [6, 6.07) is 11.7. The maximum atomic E-state index is 10.5. The second kappa shape index (κ2) is 6.86. The molecule has 0 unspecified atom stereocenters. The molecule has 7 heteroatoms. The van der Waals surface area contributed by atoms with E-state index in [9.17, 15) is 10.1 Å². The molecule has 0 amide bonds. The lowest BCUT2D eigenvalue weighted by Gasteiger charge is -2.09.